The number of H-pyrrole nitrogens is 1. The molecule has 0 saturated heterocycles. The number of aromatic amines is 1. The Labute approximate surface area is 112 Å². The molecule has 0 radical (unpaired) electrons. The zero-order chi connectivity index (χ0) is 12.9. The molecule has 0 aromatic carbocycles. The van der Waals surface area contributed by atoms with Crippen LogP contribution in [0.1, 0.15) is 36.3 Å². The van der Waals surface area contributed by atoms with E-state index >= 15 is 0 Å². The second-order valence-electron chi connectivity index (χ2n) is 4.82. The predicted molar refractivity (Wildman–Crippen MR) is 71.9 cm³/mol. The molecule has 0 saturated carbocycles. The number of anilines is 1. The first-order chi connectivity index (χ1) is 9.43. The summed E-state index contributed by atoms with van der Waals surface area (Å²) in [6.45, 7) is 0.893. The van der Waals surface area contributed by atoms with Crippen LogP contribution in [-0.2, 0) is 19.3 Å². The first kappa shape index (κ1) is 12.1. The summed E-state index contributed by atoms with van der Waals surface area (Å²) in [6, 6.07) is 0. The molecule has 1 aliphatic rings. The summed E-state index contributed by atoms with van der Waals surface area (Å²) in [4.78, 5) is 12.9. The molecule has 0 bridgehead atoms. The number of aromatic nitrogens is 5. The van der Waals surface area contributed by atoms with E-state index < -0.39 is 0 Å². The van der Waals surface area contributed by atoms with Gasteiger partial charge in [-0.25, -0.2) is 15.0 Å². The lowest BCUT2D eigenvalue weighted by molar-refractivity contribution is 0.662. The molecular formula is C13H18N6. The smallest absolute Gasteiger partial charge is 0.137 e. The Morgan fingerprint density at radius 3 is 2.95 bits per heavy atom. The molecule has 2 N–H and O–H groups in total. The SMILES string of the molecule is c1n[nH]c(CCCNc2ncnc3c2CCCC3)n1. The highest BCUT2D eigenvalue weighted by Gasteiger charge is 2.14. The molecular weight excluding hydrogens is 240 g/mol. The fraction of sp³-hybridized carbons (Fsp3) is 0.538. The Balaban J connectivity index is 1.55. The Morgan fingerprint density at radius 2 is 2.05 bits per heavy atom. The standard InChI is InChI=1S/C13H18N6/c1-2-5-11-10(4-1)13(17-8-15-11)14-7-3-6-12-16-9-18-19-12/h8-9H,1-7H2,(H,14,15,17)(H,16,18,19). The van der Waals surface area contributed by atoms with E-state index in [9.17, 15) is 0 Å². The van der Waals surface area contributed by atoms with E-state index in [2.05, 4.69) is 30.5 Å². The highest BCUT2D eigenvalue weighted by Crippen LogP contribution is 2.24. The number of fused-ring (bicyclic) bond motifs is 1. The van der Waals surface area contributed by atoms with Crippen molar-refractivity contribution in [2.45, 2.75) is 38.5 Å². The zero-order valence-corrected chi connectivity index (χ0v) is 10.9. The highest BCUT2D eigenvalue weighted by molar-refractivity contribution is 5.46. The highest BCUT2D eigenvalue weighted by atomic mass is 15.2. The van der Waals surface area contributed by atoms with Crippen molar-refractivity contribution in [2.24, 2.45) is 0 Å². The second-order valence-corrected chi connectivity index (χ2v) is 4.82. The number of nitrogens with zero attached hydrogens (tertiary/aromatic N) is 4. The molecule has 6 nitrogen and oxygen atoms in total. The molecule has 0 amide bonds. The fourth-order valence-electron chi connectivity index (χ4n) is 2.49. The fourth-order valence-corrected chi connectivity index (χ4v) is 2.49. The van der Waals surface area contributed by atoms with Crippen molar-refractivity contribution in [3.8, 4) is 0 Å². The van der Waals surface area contributed by atoms with E-state index in [4.69, 9.17) is 0 Å². The number of nitrogens with one attached hydrogen (secondary N) is 2. The van der Waals surface area contributed by atoms with Gasteiger partial charge in [-0.2, -0.15) is 5.10 Å². The molecule has 0 atom stereocenters. The summed E-state index contributed by atoms with van der Waals surface area (Å²) in [5, 5.41) is 10.1. The third kappa shape index (κ3) is 2.89. The van der Waals surface area contributed by atoms with Gasteiger partial charge in [0.2, 0.25) is 0 Å². The van der Waals surface area contributed by atoms with Crippen LogP contribution in [0.15, 0.2) is 12.7 Å². The van der Waals surface area contributed by atoms with Gasteiger partial charge in [-0.05, 0) is 32.1 Å². The molecule has 2 aromatic heterocycles. The van der Waals surface area contributed by atoms with Crippen molar-refractivity contribution < 1.29 is 0 Å². The molecule has 3 rings (SSSR count). The largest absolute Gasteiger partial charge is 0.370 e. The van der Waals surface area contributed by atoms with Gasteiger partial charge in [0, 0.05) is 24.2 Å². The third-order valence-corrected chi connectivity index (χ3v) is 3.47. The minimum Gasteiger partial charge on any atom is -0.370 e. The number of hydrogen-bond acceptors (Lipinski definition) is 5. The van der Waals surface area contributed by atoms with Gasteiger partial charge in [0.05, 0.1) is 0 Å². The van der Waals surface area contributed by atoms with Gasteiger partial charge in [-0.3, -0.25) is 5.10 Å². The van der Waals surface area contributed by atoms with E-state index in [-0.39, 0.29) is 0 Å². The molecule has 6 heteroatoms. The maximum Gasteiger partial charge on any atom is 0.137 e. The van der Waals surface area contributed by atoms with Gasteiger partial charge in [-0.15, -0.1) is 0 Å². The van der Waals surface area contributed by atoms with Crippen LogP contribution in [0.25, 0.3) is 0 Å². The summed E-state index contributed by atoms with van der Waals surface area (Å²) in [6.07, 6.45) is 9.80. The lowest BCUT2D eigenvalue weighted by Crippen LogP contribution is -2.13. The van der Waals surface area contributed by atoms with Gasteiger partial charge >= 0.3 is 0 Å². The average Bonchev–Trinajstić information content (AvgIpc) is 2.97. The number of rotatable bonds is 5. The summed E-state index contributed by atoms with van der Waals surface area (Å²) >= 11 is 0. The summed E-state index contributed by atoms with van der Waals surface area (Å²) in [5.41, 5.74) is 2.53. The Morgan fingerprint density at radius 1 is 1.11 bits per heavy atom. The van der Waals surface area contributed by atoms with Crippen LogP contribution in [0.4, 0.5) is 5.82 Å². The van der Waals surface area contributed by atoms with Crippen LogP contribution in [0.5, 0.6) is 0 Å². The van der Waals surface area contributed by atoms with Crippen LogP contribution in [0.3, 0.4) is 0 Å². The van der Waals surface area contributed by atoms with Crippen LogP contribution in [0.2, 0.25) is 0 Å². The quantitative estimate of drug-likeness (QED) is 0.795. The second kappa shape index (κ2) is 5.77. The van der Waals surface area contributed by atoms with Gasteiger partial charge in [0.25, 0.3) is 0 Å². The van der Waals surface area contributed by atoms with Gasteiger partial charge in [0.1, 0.15) is 24.3 Å². The van der Waals surface area contributed by atoms with Crippen LogP contribution in [-0.4, -0.2) is 31.7 Å². The number of aryl methyl sites for hydroxylation is 2. The Kier molecular flexibility index (Phi) is 3.67. The predicted octanol–water partition coefficient (Wildman–Crippen LogP) is 1.52. The van der Waals surface area contributed by atoms with E-state index in [1.165, 1.54) is 24.1 Å². The Hall–Kier alpha value is -1.98. The average molecular weight is 258 g/mol. The van der Waals surface area contributed by atoms with E-state index in [0.717, 1.165) is 43.9 Å². The maximum absolute atomic E-state index is 4.37. The van der Waals surface area contributed by atoms with E-state index in [1.54, 1.807) is 12.7 Å². The number of hydrogen-bond donors (Lipinski definition) is 2. The van der Waals surface area contributed by atoms with E-state index in [0.29, 0.717) is 0 Å². The molecule has 2 heterocycles. The molecule has 19 heavy (non-hydrogen) atoms. The van der Waals surface area contributed by atoms with Crippen molar-refractivity contribution in [3.63, 3.8) is 0 Å². The van der Waals surface area contributed by atoms with Crippen molar-refractivity contribution in [3.05, 3.63) is 29.7 Å². The summed E-state index contributed by atoms with van der Waals surface area (Å²) in [5.74, 6) is 1.95. The molecule has 100 valence electrons. The van der Waals surface area contributed by atoms with Gasteiger partial charge in [0.15, 0.2) is 0 Å². The topological polar surface area (TPSA) is 79.4 Å². The minimum absolute atomic E-state index is 0.893. The molecule has 1 aliphatic carbocycles. The van der Waals surface area contributed by atoms with Gasteiger partial charge in [-0.1, -0.05) is 0 Å². The molecule has 0 fully saturated rings. The zero-order valence-electron chi connectivity index (χ0n) is 10.9. The lowest BCUT2D eigenvalue weighted by atomic mass is 9.96. The Bertz CT molecular complexity index is 522. The van der Waals surface area contributed by atoms with E-state index in [1.807, 2.05) is 0 Å². The van der Waals surface area contributed by atoms with Crippen LogP contribution in [0, 0.1) is 0 Å². The van der Waals surface area contributed by atoms with Crippen molar-refractivity contribution in [1.82, 2.24) is 25.1 Å². The van der Waals surface area contributed by atoms with Crippen molar-refractivity contribution >= 4 is 5.82 Å². The monoisotopic (exact) mass is 258 g/mol. The van der Waals surface area contributed by atoms with Crippen molar-refractivity contribution in [1.29, 1.82) is 0 Å². The van der Waals surface area contributed by atoms with Crippen LogP contribution >= 0.6 is 0 Å². The molecule has 0 aliphatic heterocycles. The van der Waals surface area contributed by atoms with Gasteiger partial charge < -0.3 is 5.32 Å². The lowest BCUT2D eigenvalue weighted by Gasteiger charge is -2.17. The molecule has 0 spiro atoms. The molecule has 0 unspecified atom stereocenters. The first-order valence-corrected chi connectivity index (χ1v) is 6.84. The van der Waals surface area contributed by atoms with Crippen LogP contribution < -0.4 is 5.32 Å². The first-order valence-electron chi connectivity index (χ1n) is 6.84. The molecule has 2 aromatic rings. The van der Waals surface area contributed by atoms with Crippen molar-refractivity contribution in [2.75, 3.05) is 11.9 Å². The summed E-state index contributed by atoms with van der Waals surface area (Å²) < 4.78 is 0. The third-order valence-electron chi connectivity index (χ3n) is 3.47. The minimum atomic E-state index is 0.893. The normalized spacial score (nSPS) is 14.1. The maximum atomic E-state index is 4.37. The summed E-state index contributed by atoms with van der Waals surface area (Å²) in [7, 11) is 0.